The van der Waals surface area contributed by atoms with Crippen molar-refractivity contribution >= 4 is 16.9 Å². The summed E-state index contributed by atoms with van der Waals surface area (Å²) in [7, 11) is 0. The fraction of sp³-hybridized carbons (Fsp3) is 0.579. The Bertz CT molecular complexity index is 743. The van der Waals surface area contributed by atoms with Crippen LogP contribution in [0, 0.1) is 5.92 Å². The zero-order chi connectivity index (χ0) is 17.3. The summed E-state index contributed by atoms with van der Waals surface area (Å²) in [5, 5.41) is 14.3. The summed E-state index contributed by atoms with van der Waals surface area (Å²) in [4.78, 5) is 18.9. The van der Waals surface area contributed by atoms with Gasteiger partial charge in [0.05, 0.1) is 29.1 Å². The number of carbonyl (C=O) groups excluding carboxylic acids is 1. The zero-order valence-electron chi connectivity index (χ0n) is 14.5. The van der Waals surface area contributed by atoms with Crippen LogP contribution in [-0.2, 0) is 11.3 Å². The highest BCUT2D eigenvalue weighted by Crippen LogP contribution is 2.27. The molecular formula is C19H26N4O2. The van der Waals surface area contributed by atoms with E-state index in [1.165, 1.54) is 0 Å². The summed E-state index contributed by atoms with van der Waals surface area (Å²) in [5.41, 5.74) is 1.23. The maximum Gasteiger partial charge on any atom is 0.226 e. The quantitative estimate of drug-likeness (QED) is 0.884. The number of rotatable bonds is 3. The molecule has 4 rings (SSSR count). The summed E-state index contributed by atoms with van der Waals surface area (Å²) < 4.78 is 2.07. The van der Waals surface area contributed by atoms with E-state index in [9.17, 15) is 9.90 Å². The molecule has 0 radical (unpaired) electrons. The number of aliphatic hydroxyl groups is 1. The second kappa shape index (κ2) is 6.77. The van der Waals surface area contributed by atoms with Crippen molar-refractivity contribution in [2.45, 2.75) is 37.8 Å². The highest BCUT2D eigenvalue weighted by Gasteiger charge is 2.36. The molecule has 1 atom stereocenters. The molecule has 25 heavy (non-hydrogen) atoms. The van der Waals surface area contributed by atoms with Crippen LogP contribution in [0.25, 0.3) is 11.0 Å². The molecule has 2 N–H and O–H groups in total. The number of nitrogens with one attached hydrogen (secondary N) is 1. The maximum atomic E-state index is 12.6. The number of fused-ring (bicyclic) bond motifs is 1. The molecule has 4 heterocycles. The van der Waals surface area contributed by atoms with Gasteiger partial charge in [-0.05, 0) is 50.4 Å². The highest BCUT2D eigenvalue weighted by atomic mass is 16.3. The molecule has 6 nitrogen and oxygen atoms in total. The molecular weight excluding hydrogens is 316 g/mol. The molecule has 2 aliphatic rings. The smallest absolute Gasteiger partial charge is 0.226 e. The molecule has 2 fully saturated rings. The van der Waals surface area contributed by atoms with E-state index < -0.39 is 5.60 Å². The molecule has 6 heteroatoms. The van der Waals surface area contributed by atoms with Gasteiger partial charge in [0.25, 0.3) is 0 Å². The van der Waals surface area contributed by atoms with Crippen molar-refractivity contribution in [3.63, 3.8) is 0 Å². The summed E-state index contributed by atoms with van der Waals surface area (Å²) in [6.45, 7) is 3.65. The Balaban J connectivity index is 1.39. The number of nitrogens with zero attached hydrogens (tertiary/aromatic N) is 3. The number of pyridine rings is 1. The molecule has 0 bridgehead atoms. The van der Waals surface area contributed by atoms with Crippen LogP contribution < -0.4 is 5.32 Å². The molecule has 0 aromatic carbocycles. The molecule has 0 spiro atoms. The monoisotopic (exact) mass is 342 g/mol. The van der Waals surface area contributed by atoms with Gasteiger partial charge in [0.15, 0.2) is 0 Å². The third-order valence-corrected chi connectivity index (χ3v) is 5.65. The average molecular weight is 342 g/mol. The van der Waals surface area contributed by atoms with Crippen molar-refractivity contribution in [3.05, 3.63) is 30.6 Å². The summed E-state index contributed by atoms with van der Waals surface area (Å²) >= 11 is 0. The largest absolute Gasteiger partial charge is 0.388 e. The van der Waals surface area contributed by atoms with E-state index in [0.29, 0.717) is 32.5 Å². The SMILES string of the molecule is O=C([C@@H]1CCCNC1)N1CCC(O)(Cn2ccc3ncccc32)CC1. The van der Waals surface area contributed by atoms with E-state index >= 15 is 0 Å². The second-order valence-corrected chi connectivity index (χ2v) is 7.44. The zero-order valence-corrected chi connectivity index (χ0v) is 14.5. The number of amides is 1. The topological polar surface area (TPSA) is 70.4 Å². The number of carbonyl (C=O) groups is 1. The Morgan fingerprint density at radius 3 is 2.96 bits per heavy atom. The third-order valence-electron chi connectivity index (χ3n) is 5.65. The van der Waals surface area contributed by atoms with Crippen LogP contribution in [-0.4, -0.2) is 57.2 Å². The van der Waals surface area contributed by atoms with Gasteiger partial charge in [-0.15, -0.1) is 0 Å². The molecule has 2 aromatic heterocycles. The van der Waals surface area contributed by atoms with Crippen molar-refractivity contribution in [1.82, 2.24) is 19.8 Å². The first-order valence-corrected chi connectivity index (χ1v) is 9.26. The van der Waals surface area contributed by atoms with Crippen LogP contribution in [0.3, 0.4) is 0 Å². The lowest BCUT2D eigenvalue weighted by molar-refractivity contribution is -0.140. The molecule has 134 valence electrons. The van der Waals surface area contributed by atoms with Crippen LogP contribution in [0.2, 0.25) is 0 Å². The van der Waals surface area contributed by atoms with Crippen LogP contribution in [0.15, 0.2) is 30.6 Å². The van der Waals surface area contributed by atoms with Gasteiger partial charge in [-0.25, -0.2) is 0 Å². The fourth-order valence-electron chi connectivity index (χ4n) is 4.10. The molecule has 2 aromatic rings. The molecule has 1 amide bonds. The van der Waals surface area contributed by atoms with Gasteiger partial charge in [-0.3, -0.25) is 9.78 Å². The number of hydrogen-bond acceptors (Lipinski definition) is 4. The summed E-state index contributed by atoms with van der Waals surface area (Å²) in [5.74, 6) is 0.365. The van der Waals surface area contributed by atoms with Gasteiger partial charge in [-0.1, -0.05) is 0 Å². The first kappa shape index (κ1) is 16.5. The molecule has 0 aliphatic carbocycles. The lowest BCUT2D eigenvalue weighted by Gasteiger charge is -2.40. The standard InChI is InChI=1S/C19H26N4O2/c24-18(15-3-1-8-20-13-15)22-11-6-19(25,7-12-22)14-23-10-5-16-17(23)4-2-9-21-16/h2,4-5,9-10,15,20,25H,1,3,6-8,11-14H2/t15-/m1/s1. The number of likely N-dealkylation sites (tertiary alicyclic amines) is 1. The maximum absolute atomic E-state index is 12.6. The van der Waals surface area contributed by atoms with E-state index in [-0.39, 0.29) is 11.8 Å². The van der Waals surface area contributed by atoms with E-state index in [1.54, 1.807) is 6.20 Å². The van der Waals surface area contributed by atoms with Crippen molar-refractivity contribution in [2.24, 2.45) is 5.92 Å². The van der Waals surface area contributed by atoms with Gasteiger partial charge in [0.2, 0.25) is 5.91 Å². The lowest BCUT2D eigenvalue weighted by Crippen LogP contribution is -2.51. The predicted octanol–water partition coefficient (Wildman–Crippen LogP) is 1.39. The van der Waals surface area contributed by atoms with E-state index in [0.717, 1.165) is 37.0 Å². The Hall–Kier alpha value is -1.92. The first-order valence-electron chi connectivity index (χ1n) is 9.26. The minimum Gasteiger partial charge on any atom is -0.388 e. The van der Waals surface area contributed by atoms with E-state index in [4.69, 9.17) is 0 Å². The van der Waals surface area contributed by atoms with Gasteiger partial charge >= 0.3 is 0 Å². The molecule has 0 unspecified atom stereocenters. The average Bonchev–Trinajstić information content (AvgIpc) is 3.05. The first-order chi connectivity index (χ1) is 12.1. The van der Waals surface area contributed by atoms with Crippen molar-refractivity contribution < 1.29 is 9.90 Å². The van der Waals surface area contributed by atoms with Gasteiger partial charge in [-0.2, -0.15) is 0 Å². The number of piperidine rings is 2. The minimum absolute atomic E-state index is 0.111. The Labute approximate surface area is 147 Å². The third kappa shape index (κ3) is 3.41. The van der Waals surface area contributed by atoms with Crippen LogP contribution in [0.4, 0.5) is 0 Å². The lowest BCUT2D eigenvalue weighted by atomic mass is 9.89. The van der Waals surface area contributed by atoms with Crippen molar-refractivity contribution in [3.8, 4) is 0 Å². The Morgan fingerprint density at radius 1 is 1.36 bits per heavy atom. The Kier molecular flexibility index (Phi) is 4.48. The second-order valence-electron chi connectivity index (χ2n) is 7.44. The van der Waals surface area contributed by atoms with E-state index in [2.05, 4.69) is 14.9 Å². The fourth-order valence-corrected chi connectivity index (χ4v) is 4.10. The van der Waals surface area contributed by atoms with Crippen LogP contribution in [0.1, 0.15) is 25.7 Å². The minimum atomic E-state index is -0.761. The molecule has 2 aliphatic heterocycles. The van der Waals surface area contributed by atoms with Gasteiger partial charge in [0.1, 0.15) is 0 Å². The number of hydrogen-bond donors (Lipinski definition) is 2. The van der Waals surface area contributed by atoms with Crippen LogP contribution in [0.5, 0.6) is 0 Å². The molecule has 2 saturated heterocycles. The predicted molar refractivity (Wildman–Crippen MR) is 96.1 cm³/mol. The number of aromatic nitrogens is 2. The van der Waals surface area contributed by atoms with Crippen LogP contribution >= 0.6 is 0 Å². The van der Waals surface area contributed by atoms with Crippen molar-refractivity contribution in [1.29, 1.82) is 0 Å². The van der Waals surface area contributed by atoms with Crippen molar-refractivity contribution in [2.75, 3.05) is 26.2 Å². The van der Waals surface area contributed by atoms with Gasteiger partial charge < -0.3 is 19.9 Å². The van der Waals surface area contributed by atoms with E-state index in [1.807, 2.05) is 29.3 Å². The van der Waals surface area contributed by atoms with Gasteiger partial charge in [0, 0.05) is 32.0 Å². The summed E-state index contributed by atoms with van der Waals surface area (Å²) in [6.07, 6.45) is 7.07. The normalized spacial score (nSPS) is 23.7. The Morgan fingerprint density at radius 2 is 2.20 bits per heavy atom. The molecule has 0 saturated carbocycles. The summed E-state index contributed by atoms with van der Waals surface area (Å²) in [6, 6.07) is 5.93. The highest BCUT2D eigenvalue weighted by molar-refractivity contribution is 5.79.